The summed E-state index contributed by atoms with van der Waals surface area (Å²) in [5.41, 5.74) is 5.62. The van der Waals surface area contributed by atoms with Gasteiger partial charge in [-0.15, -0.1) is 0 Å². The minimum absolute atomic E-state index is 0.435. The van der Waals surface area contributed by atoms with Crippen LogP contribution in [0.3, 0.4) is 0 Å². The Morgan fingerprint density at radius 1 is 0.897 bits per heavy atom. The molecule has 1 fully saturated rings. The maximum absolute atomic E-state index is 11.6. The molecular formula is C32H27N3O4. The molecule has 2 N–H and O–H groups in total. The highest BCUT2D eigenvalue weighted by Gasteiger charge is 2.51. The number of aliphatic carboxylic acids is 1. The molecule has 0 unspecified atom stereocenters. The van der Waals surface area contributed by atoms with Gasteiger partial charge in [-0.25, -0.2) is 0 Å². The number of nitrogens with one attached hydrogen (secondary N) is 1. The second-order valence-corrected chi connectivity index (χ2v) is 9.77. The van der Waals surface area contributed by atoms with Gasteiger partial charge in [0.1, 0.15) is 23.8 Å². The molecule has 2 aromatic heterocycles. The Hall–Kier alpha value is -4.91. The molecule has 0 aliphatic heterocycles. The van der Waals surface area contributed by atoms with Crippen LogP contribution < -0.4 is 10.1 Å². The number of benzene rings is 3. The normalized spacial score (nSPS) is 13.6. The molecule has 39 heavy (non-hydrogen) atoms. The van der Waals surface area contributed by atoms with Crippen molar-refractivity contribution in [1.29, 1.82) is 0 Å². The molecule has 5 aromatic rings. The zero-order valence-corrected chi connectivity index (χ0v) is 21.4. The van der Waals surface area contributed by atoms with E-state index in [1.807, 2.05) is 104 Å². The lowest BCUT2D eigenvalue weighted by atomic mass is 9.93. The Labute approximate surface area is 226 Å². The van der Waals surface area contributed by atoms with Gasteiger partial charge >= 0.3 is 5.97 Å². The maximum Gasteiger partial charge on any atom is 0.314 e. The quantitative estimate of drug-likeness (QED) is 0.214. The number of aryl methyl sites for hydroxylation is 1. The highest BCUT2D eigenvalue weighted by atomic mass is 16.5. The van der Waals surface area contributed by atoms with E-state index in [4.69, 9.17) is 9.26 Å². The molecule has 0 saturated heterocycles. The average molecular weight is 518 g/mol. The van der Waals surface area contributed by atoms with Crippen LogP contribution in [-0.4, -0.2) is 21.2 Å². The van der Waals surface area contributed by atoms with Crippen LogP contribution in [0, 0.1) is 6.92 Å². The van der Waals surface area contributed by atoms with Crippen LogP contribution in [0.4, 0.5) is 11.5 Å². The van der Waals surface area contributed by atoms with Gasteiger partial charge in [0.15, 0.2) is 5.76 Å². The summed E-state index contributed by atoms with van der Waals surface area (Å²) in [6.07, 6.45) is 1.40. The smallest absolute Gasteiger partial charge is 0.314 e. The first-order valence-corrected chi connectivity index (χ1v) is 12.8. The number of aromatic nitrogens is 2. The highest BCUT2D eigenvalue weighted by Crippen LogP contribution is 2.48. The number of ether oxygens (including phenoxy) is 1. The summed E-state index contributed by atoms with van der Waals surface area (Å²) in [7, 11) is 0. The van der Waals surface area contributed by atoms with Crippen molar-refractivity contribution in [1.82, 2.24) is 10.1 Å². The van der Waals surface area contributed by atoms with Crippen molar-refractivity contribution >= 4 is 17.5 Å². The number of anilines is 2. The van der Waals surface area contributed by atoms with E-state index in [1.54, 1.807) is 0 Å². The Bertz CT molecular complexity index is 1610. The van der Waals surface area contributed by atoms with Crippen molar-refractivity contribution in [2.75, 3.05) is 5.32 Å². The first-order chi connectivity index (χ1) is 19.0. The van der Waals surface area contributed by atoms with E-state index < -0.39 is 11.4 Å². The van der Waals surface area contributed by atoms with Gasteiger partial charge in [-0.05, 0) is 48.1 Å². The average Bonchev–Trinajstić information content (AvgIpc) is 3.72. The van der Waals surface area contributed by atoms with E-state index in [0.29, 0.717) is 36.9 Å². The lowest BCUT2D eigenvalue weighted by Crippen LogP contribution is -2.19. The number of hydrogen-bond acceptors (Lipinski definition) is 6. The summed E-state index contributed by atoms with van der Waals surface area (Å²) >= 11 is 0. The molecule has 6 rings (SSSR count). The SMILES string of the molecule is Cc1noc(-c2ccc(-c3ccc(C4(C(=O)O)CC4)cc3)cc2)c1Nc1cccc(OCc2ccccc2)n1. The molecule has 2 heterocycles. The molecular weight excluding hydrogens is 490 g/mol. The number of nitrogens with zero attached hydrogens (tertiary/aromatic N) is 2. The van der Waals surface area contributed by atoms with E-state index in [2.05, 4.69) is 15.5 Å². The Morgan fingerprint density at radius 2 is 1.56 bits per heavy atom. The molecule has 0 atom stereocenters. The zero-order chi connectivity index (χ0) is 26.8. The lowest BCUT2D eigenvalue weighted by Gasteiger charge is -2.11. The molecule has 0 bridgehead atoms. The Kier molecular flexibility index (Phi) is 6.32. The van der Waals surface area contributed by atoms with Crippen molar-refractivity contribution in [3.63, 3.8) is 0 Å². The van der Waals surface area contributed by atoms with Crippen molar-refractivity contribution < 1.29 is 19.2 Å². The van der Waals surface area contributed by atoms with Gasteiger partial charge in [-0.3, -0.25) is 4.79 Å². The molecule has 0 amide bonds. The number of pyridine rings is 1. The summed E-state index contributed by atoms with van der Waals surface area (Å²) < 4.78 is 11.6. The van der Waals surface area contributed by atoms with Gasteiger partial charge in [0.2, 0.25) is 5.88 Å². The third-order valence-corrected chi connectivity index (χ3v) is 7.15. The minimum Gasteiger partial charge on any atom is -0.481 e. The van der Waals surface area contributed by atoms with Crippen LogP contribution in [0.25, 0.3) is 22.5 Å². The second-order valence-electron chi connectivity index (χ2n) is 9.77. The minimum atomic E-state index is -0.743. The van der Waals surface area contributed by atoms with Crippen molar-refractivity contribution in [2.45, 2.75) is 31.8 Å². The van der Waals surface area contributed by atoms with Crippen molar-refractivity contribution in [2.24, 2.45) is 0 Å². The van der Waals surface area contributed by atoms with E-state index in [-0.39, 0.29) is 0 Å². The maximum atomic E-state index is 11.6. The number of carboxylic acid groups (broad SMARTS) is 1. The fourth-order valence-corrected chi connectivity index (χ4v) is 4.69. The molecule has 1 aliphatic carbocycles. The lowest BCUT2D eigenvalue weighted by molar-refractivity contribution is -0.140. The number of hydrogen-bond donors (Lipinski definition) is 2. The first kappa shape index (κ1) is 24.4. The zero-order valence-electron chi connectivity index (χ0n) is 21.4. The monoisotopic (exact) mass is 517 g/mol. The molecule has 1 saturated carbocycles. The van der Waals surface area contributed by atoms with Gasteiger partial charge in [0.25, 0.3) is 0 Å². The molecule has 0 spiro atoms. The van der Waals surface area contributed by atoms with Crippen LogP contribution in [0.2, 0.25) is 0 Å². The molecule has 7 nitrogen and oxygen atoms in total. The molecule has 7 heteroatoms. The fraction of sp³-hybridized carbons (Fsp3) is 0.156. The summed E-state index contributed by atoms with van der Waals surface area (Å²) in [5.74, 6) is 1.02. The van der Waals surface area contributed by atoms with Gasteiger partial charge in [0, 0.05) is 11.6 Å². The van der Waals surface area contributed by atoms with E-state index in [1.165, 1.54) is 0 Å². The third-order valence-electron chi connectivity index (χ3n) is 7.15. The molecule has 3 aromatic carbocycles. The Balaban J connectivity index is 1.18. The van der Waals surface area contributed by atoms with Gasteiger partial charge in [0.05, 0.1) is 5.41 Å². The van der Waals surface area contributed by atoms with E-state index >= 15 is 0 Å². The standard InChI is InChI=1S/C32H27N3O4/c1-21-29(34-27-8-5-9-28(33-27)38-20-22-6-3-2-4-7-22)30(39-35-21)25-12-10-23(11-13-25)24-14-16-26(17-15-24)32(18-19-32)31(36)37/h2-17H,18-20H2,1H3,(H,33,34)(H,36,37). The van der Waals surface area contributed by atoms with Crippen LogP contribution >= 0.6 is 0 Å². The third kappa shape index (κ3) is 4.99. The van der Waals surface area contributed by atoms with Gasteiger partial charge in [-0.2, -0.15) is 4.98 Å². The van der Waals surface area contributed by atoms with Crippen LogP contribution in [-0.2, 0) is 16.8 Å². The fourth-order valence-electron chi connectivity index (χ4n) is 4.69. The topological polar surface area (TPSA) is 97.5 Å². The van der Waals surface area contributed by atoms with Crippen LogP contribution in [0.5, 0.6) is 5.88 Å². The largest absolute Gasteiger partial charge is 0.481 e. The van der Waals surface area contributed by atoms with Gasteiger partial charge < -0.3 is 19.7 Å². The number of rotatable bonds is 9. The summed E-state index contributed by atoms with van der Waals surface area (Å²) in [6, 6.07) is 31.4. The number of carboxylic acids is 1. The predicted octanol–water partition coefficient (Wildman–Crippen LogP) is 7.15. The predicted molar refractivity (Wildman–Crippen MR) is 149 cm³/mol. The molecule has 194 valence electrons. The van der Waals surface area contributed by atoms with E-state index in [9.17, 15) is 9.90 Å². The summed E-state index contributed by atoms with van der Waals surface area (Å²) in [4.78, 5) is 16.2. The van der Waals surface area contributed by atoms with Crippen molar-refractivity contribution in [3.8, 4) is 28.3 Å². The van der Waals surface area contributed by atoms with Gasteiger partial charge in [-0.1, -0.05) is 90.1 Å². The number of carbonyl (C=O) groups is 1. The van der Waals surface area contributed by atoms with Crippen LogP contribution in [0.15, 0.2) is 102 Å². The molecule has 0 radical (unpaired) electrons. The van der Waals surface area contributed by atoms with E-state index in [0.717, 1.165) is 39.2 Å². The molecule has 1 aliphatic rings. The summed E-state index contributed by atoms with van der Waals surface area (Å²) in [6.45, 7) is 2.31. The Morgan fingerprint density at radius 3 is 2.23 bits per heavy atom. The van der Waals surface area contributed by atoms with Crippen molar-refractivity contribution in [3.05, 3.63) is 114 Å². The first-order valence-electron chi connectivity index (χ1n) is 12.8. The summed E-state index contributed by atoms with van der Waals surface area (Å²) in [5, 5.41) is 17.1. The second kappa shape index (κ2) is 10.1. The van der Waals surface area contributed by atoms with Crippen LogP contribution in [0.1, 0.15) is 29.7 Å². The highest BCUT2D eigenvalue weighted by molar-refractivity contribution is 5.85.